The molecule has 0 radical (unpaired) electrons. The first-order chi connectivity index (χ1) is 7.24. The molecular formula is C10H17FN2S2. The van der Waals surface area contributed by atoms with Crippen LogP contribution in [0.5, 0.6) is 0 Å². The number of nitrogens with zero attached hydrogens (tertiary/aromatic N) is 1. The summed E-state index contributed by atoms with van der Waals surface area (Å²) in [5.74, 6) is 1.07. The van der Waals surface area contributed by atoms with Gasteiger partial charge >= 0.3 is 0 Å². The molecule has 2 nitrogen and oxygen atoms in total. The Balaban J connectivity index is 1.59. The molecule has 2 aliphatic rings. The highest BCUT2D eigenvalue weighted by Crippen LogP contribution is 2.34. The molecule has 0 aromatic heterocycles. The third-order valence-electron chi connectivity index (χ3n) is 2.60. The second-order valence-corrected chi connectivity index (χ2v) is 6.70. The van der Waals surface area contributed by atoms with E-state index in [0.29, 0.717) is 11.9 Å². The molecule has 86 valence electrons. The van der Waals surface area contributed by atoms with E-state index in [1.54, 1.807) is 0 Å². The van der Waals surface area contributed by atoms with Crippen molar-refractivity contribution in [3.63, 3.8) is 0 Å². The van der Waals surface area contributed by atoms with Crippen molar-refractivity contribution in [2.24, 2.45) is 0 Å². The zero-order valence-electron chi connectivity index (χ0n) is 8.91. The molecule has 2 heterocycles. The predicted octanol–water partition coefficient (Wildman–Crippen LogP) is 2.24. The fourth-order valence-electron chi connectivity index (χ4n) is 1.77. The summed E-state index contributed by atoms with van der Waals surface area (Å²) in [6.07, 6.45) is 2.22. The summed E-state index contributed by atoms with van der Waals surface area (Å²) in [5.41, 5.74) is 0. The van der Waals surface area contributed by atoms with E-state index in [9.17, 15) is 4.39 Å². The van der Waals surface area contributed by atoms with Gasteiger partial charge in [-0.15, -0.1) is 11.8 Å². The van der Waals surface area contributed by atoms with Crippen molar-refractivity contribution in [3.8, 4) is 0 Å². The van der Waals surface area contributed by atoms with Crippen molar-refractivity contribution in [3.05, 3.63) is 10.4 Å². The summed E-state index contributed by atoms with van der Waals surface area (Å²) in [5, 5.41) is 3.77. The van der Waals surface area contributed by atoms with Gasteiger partial charge in [0.05, 0.1) is 9.61 Å². The van der Waals surface area contributed by atoms with Gasteiger partial charge in [0.15, 0.2) is 0 Å². The molecule has 0 bridgehead atoms. The Bertz CT molecular complexity index is 248. The minimum Gasteiger partial charge on any atom is -0.378 e. The number of likely N-dealkylation sites (tertiary alicyclic amines) is 1. The molecule has 0 aromatic carbocycles. The minimum atomic E-state index is -0.586. The van der Waals surface area contributed by atoms with Gasteiger partial charge in [0.2, 0.25) is 0 Å². The van der Waals surface area contributed by atoms with E-state index in [1.807, 2.05) is 23.5 Å². The average molecular weight is 248 g/mol. The number of nitrogens with one attached hydrogen (secondary N) is 1. The van der Waals surface area contributed by atoms with Crippen LogP contribution in [0.15, 0.2) is 10.4 Å². The highest BCUT2D eigenvalue weighted by molar-refractivity contribution is 8.22. The van der Waals surface area contributed by atoms with Gasteiger partial charge in [-0.2, -0.15) is 0 Å². The average Bonchev–Trinajstić information content (AvgIpc) is 2.76. The highest BCUT2D eigenvalue weighted by atomic mass is 32.2. The molecule has 5 heteroatoms. The van der Waals surface area contributed by atoms with Gasteiger partial charge in [-0.05, 0) is 13.3 Å². The molecule has 0 spiro atoms. The molecule has 2 atom stereocenters. The SMILES string of the molecule is CC1NC=C(SCCN2CCC(F)C2)S1. The molecular weight excluding hydrogens is 231 g/mol. The van der Waals surface area contributed by atoms with Crippen LogP contribution in [0.4, 0.5) is 4.39 Å². The molecule has 1 fully saturated rings. The van der Waals surface area contributed by atoms with Crippen LogP contribution in [0.1, 0.15) is 13.3 Å². The first-order valence-electron chi connectivity index (χ1n) is 5.36. The summed E-state index contributed by atoms with van der Waals surface area (Å²) in [7, 11) is 0. The van der Waals surface area contributed by atoms with Crippen molar-refractivity contribution >= 4 is 23.5 Å². The maximum Gasteiger partial charge on any atom is 0.114 e. The molecule has 2 unspecified atom stereocenters. The van der Waals surface area contributed by atoms with Gasteiger partial charge in [-0.1, -0.05) is 11.8 Å². The van der Waals surface area contributed by atoms with E-state index >= 15 is 0 Å². The quantitative estimate of drug-likeness (QED) is 0.820. The van der Waals surface area contributed by atoms with Gasteiger partial charge in [-0.25, -0.2) is 4.39 Å². The Morgan fingerprint density at radius 2 is 2.60 bits per heavy atom. The summed E-state index contributed by atoms with van der Waals surface area (Å²) in [4.78, 5) is 2.22. The molecule has 0 aliphatic carbocycles. The molecule has 0 amide bonds. The number of alkyl halides is 1. The largest absolute Gasteiger partial charge is 0.378 e. The van der Waals surface area contributed by atoms with Crippen LogP contribution >= 0.6 is 23.5 Å². The Morgan fingerprint density at radius 1 is 1.73 bits per heavy atom. The summed E-state index contributed by atoms with van der Waals surface area (Å²) in [6, 6.07) is 0. The Morgan fingerprint density at radius 3 is 3.20 bits per heavy atom. The van der Waals surface area contributed by atoms with Crippen LogP contribution < -0.4 is 5.32 Å². The van der Waals surface area contributed by atoms with Gasteiger partial charge in [-0.3, -0.25) is 4.90 Å². The lowest BCUT2D eigenvalue weighted by atomic mass is 10.3. The van der Waals surface area contributed by atoms with E-state index in [1.165, 1.54) is 4.24 Å². The van der Waals surface area contributed by atoms with Crippen LogP contribution in [0.25, 0.3) is 0 Å². The second-order valence-electron chi connectivity index (χ2n) is 3.93. The van der Waals surface area contributed by atoms with E-state index in [2.05, 4.69) is 23.3 Å². The fourth-order valence-corrected chi connectivity index (χ4v) is 4.05. The maximum absolute atomic E-state index is 12.9. The normalized spacial score (nSPS) is 31.7. The number of hydrogen-bond donors (Lipinski definition) is 1. The lowest BCUT2D eigenvalue weighted by Gasteiger charge is -2.13. The second kappa shape index (κ2) is 5.46. The third kappa shape index (κ3) is 3.57. The molecule has 2 rings (SSSR count). The zero-order valence-corrected chi connectivity index (χ0v) is 10.5. The monoisotopic (exact) mass is 248 g/mol. The molecule has 1 saturated heterocycles. The Labute approximate surface area is 99.0 Å². The summed E-state index contributed by atoms with van der Waals surface area (Å²) < 4.78 is 14.2. The van der Waals surface area contributed by atoms with E-state index < -0.39 is 6.17 Å². The van der Waals surface area contributed by atoms with Crippen LogP contribution in [-0.4, -0.2) is 41.8 Å². The van der Waals surface area contributed by atoms with Crippen molar-refractivity contribution in [2.75, 3.05) is 25.4 Å². The Kier molecular flexibility index (Phi) is 4.22. The first-order valence-corrected chi connectivity index (χ1v) is 7.22. The molecule has 15 heavy (non-hydrogen) atoms. The molecule has 1 N–H and O–H groups in total. The van der Waals surface area contributed by atoms with Gasteiger partial charge < -0.3 is 5.32 Å². The van der Waals surface area contributed by atoms with E-state index in [0.717, 1.165) is 25.3 Å². The summed E-state index contributed by atoms with van der Waals surface area (Å²) in [6.45, 7) is 4.74. The number of hydrogen-bond acceptors (Lipinski definition) is 4. The lowest BCUT2D eigenvalue weighted by Crippen LogP contribution is -2.23. The van der Waals surface area contributed by atoms with Crippen LogP contribution in [-0.2, 0) is 0 Å². The number of thioether (sulfide) groups is 2. The van der Waals surface area contributed by atoms with Crippen LogP contribution in [0.2, 0.25) is 0 Å². The number of halogens is 1. The molecule has 0 saturated carbocycles. The predicted molar refractivity (Wildman–Crippen MR) is 66.7 cm³/mol. The van der Waals surface area contributed by atoms with E-state index in [4.69, 9.17) is 0 Å². The molecule has 2 aliphatic heterocycles. The third-order valence-corrected chi connectivity index (χ3v) is 4.87. The van der Waals surface area contributed by atoms with Gasteiger partial charge in [0.25, 0.3) is 0 Å². The van der Waals surface area contributed by atoms with Gasteiger partial charge in [0.1, 0.15) is 6.17 Å². The standard InChI is InChI=1S/C10H17FN2S2/c1-8-12-6-10(15-8)14-5-4-13-3-2-9(11)7-13/h6,8-9,12H,2-5,7H2,1H3. The van der Waals surface area contributed by atoms with Crippen LogP contribution in [0.3, 0.4) is 0 Å². The topological polar surface area (TPSA) is 15.3 Å². The van der Waals surface area contributed by atoms with E-state index in [-0.39, 0.29) is 0 Å². The van der Waals surface area contributed by atoms with Crippen molar-refractivity contribution in [2.45, 2.75) is 24.9 Å². The molecule has 0 aromatic rings. The number of rotatable bonds is 4. The minimum absolute atomic E-state index is 0.509. The van der Waals surface area contributed by atoms with Gasteiger partial charge in [0, 0.05) is 31.6 Å². The zero-order chi connectivity index (χ0) is 10.7. The van der Waals surface area contributed by atoms with Crippen LogP contribution in [0, 0.1) is 0 Å². The highest BCUT2D eigenvalue weighted by Gasteiger charge is 2.21. The van der Waals surface area contributed by atoms with Crippen molar-refractivity contribution < 1.29 is 4.39 Å². The van der Waals surface area contributed by atoms with Crippen molar-refractivity contribution in [1.29, 1.82) is 0 Å². The smallest absolute Gasteiger partial charge is 0.114 e. The maximum atomic E-state index is 12.9. The summed E-state index contributed by atoms with van der Waals surface area (Å²) >= 11 is 3.74. The first kappa shape index (κ1) is 11.6. The van der Waals surface area contributed by atoms with Crippen molar-refractivity contribution in [1.82, 2.24) is 10.2 Å². The fraction of sp³-hybridized carbons (Fsp3) is 0.800. The lowest BCUT2D eigenvalue weighted by molar-refractivity contribution is 0.299. The Hall–Kier alpha value is 0.130.